The summed E-state index contributed by atoms with van der Waals surface area (Å²) in [6.45, 7) is 2.68. The quantitative estimate of drug-likeness (QED) is 0.571. The van der Waals surface area contributed by atoms with Gasteiger partial charge in [0.15, 0.2) is 0 Å². The molecule has 1 unspecified atom stereocenters. The molecule has 1 aromatic carbocycles. The minimum absolute atomic E-state index is 0.0924. The van der Waals surface area contributed by atoms with E-state index in [2.05, 4.69) is 10.6 Å². The van der Waals surface area contributed by atoms with E-state index in [4.69, 9.17) is 13.9 Å². The van der Waals surface area contributed by atoms with Crippen LogP contribution in [0.5, 0.6) is 0 Å². The van der Waals surface area contributed by atoms with Gasteiger partial charge in [-0.15, -0.1) is 0 Å². The molecule has 178 valence electrons. The fourth-order valence-corrected chi connectivity index (χ4v) is 3.91. The number of urea groups is 1. The van der Waals surface area contributed by atoms with E-state index in [1.54, 1.807) is 48.2 Å². The van der Waals surface area contributed by atoms with Crippen LogP contribution >= 0.6 is 0 Å². The topological polar surface area (TPSA) is 127 Å². The van der Waals surface area contributed by atoms with Crippen molar-refractivity contribution in [3.63, 3.8) is 0 Å². The van der Waals surface area contributed by atoms with Crippen molar-refractivity contribution in [1.29, 1.82) is 0 Å². The lowest BCUT2D eigenvalue weighted by atomic mass is 10.0. The van der Waals surface area contributed by atoms with E-state index >= 15 is 0 Å². The summed E-state index contributed by atoms with van der Waals surface area (Å²) in [5.74, 6) is -0.815. The van der Waals surface area contributed by atoms with Crippen LogP contribution < -0.4 is 10.6 Å². The van der Waals surface area contributed by atoms with Crippen LogP contribution in [-0.4, -0.2) is 48.5 Å². The molecular formula is C24H25N3O7. The first-order valence-corrected chi connectivity index (χ1v) is 11.0. The first-order chi connectivity index (χ1) is 16.5. The second-order valence-electron chi connectivity index (χ2n) is 7.85. The SMILES string of the molecule is CCOC(=O)C1=C(COC(=O)c2ccc(CN3CCCC3=O)cc2)NC(=O)NC1c1ccco1. The van der Waals surface area contributed by atoms with Gasteiger partial charge in [0, 0.05) is 19.5 Å². The molecule has 0 radical (unpaired) electrons. The number of nitrogens with zero attached hydrogens (tertiary/aromatic N) is 1. The number of amides is 3. The molecule has 1 fully saturated rings. The van der Waals surface area contributed by atoms with Crippen molar-refractivity contribution in [3.05, 3.63) is 70.8 Å². The van der Waals surface area contributed by atoms with Crippen LogP contribution in [0.15, 0.2) is 58.3 Å². The Balaban J connectivity index is 1.47. The summed E-state index contributed by atoms with van der Waals surface area (Å²) in [5, 5.41) is 5.16. The maximum atomic E-state index is 12.7. The molecule has 0 bridgehead atoms. The monoisotopic (exact) mass is 467 g/mol. The molecule has 2 N–H and O–H groups in total. The van der Waals surface area contributed by atoms with Crippen molar-refractivity contribution in [3.8, 4) is 0 Å². The van der Waals surface area contributed by atoms with Crippen LogP contribution in [-0.2, 0) is 25.6 Å². The number of nitrogens with one attached hydrogen (secondary N) is 2. The van der Waals surface area contributed by atoms with E-state index < -0.39 is 24.0 Å². The molecule has 1 aromatic heterocycles. The molecule has 2 aliphatic heterocycles. The van der Waals surface area contributed by atoms with Gasteiger partial charge in [-0.2, -0.15) is 0 Å². The number of esters is 2. The van der Waals surface area contributed by atoms with Gasteiger partial charge in [0.2, 0.25) is 5.91 Å². The smallest absolute Gasteiger partial charge is 0.338 e. The first-order valence-electron chi connectivity index (χ1n) is 11.0. The second kappa shape index (κ2) is 10.2. The van der Waals surface area contributed by atoms with Gasteiger partial charge < -0.3 is 29.4 Å². The molecule has 0 spiro atoms. The van der Waals surface area contributed by atoms with Crippen LogP contribution in [0.2, 0.25) is 0 Å². The zero-order valence-electron chi connectivity index (χ0n) is 18.7. The van der Waals surface area contributed by atoms with Crippen molar-refractivity contribution >= 4 is 23.9 Å². The fraction of sp³-hybridized carbons (Fsp3) is 0.333. The van der Waals surface area contributed by atoms with E-state index in [0.717, 1.165) is 18.5 Å². The van der Waals surface area contributed by atoms with E-state index in [0.29, 0.717) is 24.3 Å². The predicted octanol–water partition coefficient (Wildman–Crippen LogP) is 2.43. The Morgan fingerprint density at radius 1 is 1.12 bits per heavy atom. The van der Waals surface area contributed by atoms with Gasteiger partial charge in [0.25, 0.3) is 0 Å². The lowest BCUT2D eigenvalue weighted by molar-refractivity contribution is -0.139. The number of carbonyl (C=O) groups excluding carboxylic acids is 4. The molecule has 3 heterocycles. The Morgan fingerprint density at radius 3 is 2.56 bits per heavy atom. The molecule has 3 amide bonds. The van der Waals surface area contributed by atoms with Gasteiger partial charge in [-0.1, -0.05) is 12.1 Å². The minimum Gasteiger partial charge on any atom is -0.467 e. The number of benzene rings is 1. The van der Waals surface area contributed by atoms with Gasteiger partial charge in [0.1, 0.15) is 18.4 Å². The van der Waals surface area contributed by atoms with E-state index in [1.165, 1.54) is 6.26 Å². The van der Waals surface area contributed by atoms with Gasteiger partial charge in [-0.3, -0.25) is 4.79 Å². The third-order valence-corrected chi connectivity index (χ3v) is 5.56. The Morgan fingerprint density at radius 2 is 1.91 bits per heavy atom. The van der Waals surface area contributed by atoms with Crippen molar-refractivity contribution < 1.29 is 33.1 Å². The largest absolute Gasteiger partial charge is 0.467 e. The normalized spacial score (nSPS) is 17.9. The Labute approximate surface area is 195 Å². The molecule has 2 aliphatic rings. The van der Waals surface area contributed by atoms with Gasteiger partial charge in [-0.25, -0.2) is 14.4 Å². The number of ether oxygens (including phenoxy) is 2. The van der Waals surface area contributed by atoms with Crippen LogP contribution in [0.25, 0.3) is 0 Å². The molecule has 10 heteroatoms. The number of hydrogen-bond acceptors (Lipinski definition) is 7. The molecule has 0 saturated carbocycles. The molecule has 0 aliphatic carbocycles. The Hall–Kier alpha value is -4.08. The number of hydrogen-bond donors (Lipinski definition) is 2. The van der Waals surface area contributed by atoms with E-state index in [9.17, 15) is 19.2 Å². The molecule has 10 nitrogen and oxygen atoms in total. The van der Waals surface area contributed by atoms with Gasteiger partial charge >= 0.3 is 18.0 Å². The summed E-state index contributed by atoms with van der Waals surface area (Å²) < 4.78 is 15.9. The lowest BCUT2D eigenvalue weighted by Crippen LogP contribution is -2.47. The third kappa shape index (κ3) is 5.11. The Kier molecular flexibility index (Phi) is 6.95. The average Bonchev–Trinajstić information content (AvgIpc) is 3.50. The predicted molar refractivity (Wildman–Crippen MR) is 118 cm³/mol. The van der Waals surface area contributed by atoms with Gasteiger partial charge in [0.05, 0.1) is 29.7 Å². The molecule has 34 heavy (non-hydrogen) atoms. The highest BCUT2D eigenvalue weighted by molar-refractivity contribution is 5.95. The standard InChI is InChI=1S/C24H25N3O7/c1-2-32-23(30)20-17(25-24(31)26-21(20)18-5-4-12-33-18)14-34-22(29)16-9-7-15(8-10-16)13-27-11-3-6-19(27)28/h4-5,7-10,12,21H,2-3,6,11,13-14H2,1H3,(H2,25,26,31). The third-order valence-electron chi connectivity index (χ3n) is 5.56. The van der Waals surface area contributed by atoms with E-state index in [1.807, 2.05) is 0 Å². The summed E-state index contributed by atoms with van der Waals surface area (Å²) in [4.78, 5) is 51.1. The summed E-state index contributed by atoms with van der Waals surface area (Å²) >= 11 is 0. The summed E-state index contributed by atoms with van der Waals surface area (Å²) in [7, 11) is 0. The second-order valence-corrected chi connectivity index (χ2v) is 7.85. The maximum Gasteiger partial charge on any atom is 0.338 e. The maximum absolute atomic E-state index is 12.7. The Bertz CT molecular complexity index is 1110. The number of likely N-dealkylation sites (tertiary alicyclic amines) is 1. The number of furan rings is 1. The fourth-order valence-electron chi connectivity index (χ4n) is 3.91. The zero-order valence-corrected chi connectivity index (χ0v) is 18.7. The van der Waals surface area contributed by atoms with Crippen LogP contribution in [0, 0.1) is 0 Å². The highest BCUT2D eigenvalue weighted by Crippen LogP contribution is 2.28. The van der Waals surface area contributed by atoms with Crippen LogP contribution in [0.3, 0.4) is 0 Å². The molecule has 1 atom stereocenters. The number of carbonyl (C=O) groups is 4. The van der Waals surface area contributed by atoms with Gasteiger partial charge in [-0.05, 0) is 43.2 Å². The number of rotatable bonds is 8. The molecule has 4 rings (SSSR count). The molecular weight excluding hydrogens is 442 g/mol. The van der Waals surface area contributed by atoms with Crippen LogP contribution in [0.1, 0.15) is 47.5 Å². The summed E-state index contributed by atoms with van der Waals surface area (Å²) in [6.07, 6.45) is 2.86. The van der Waals surface area contributed by atoms with Crippen molar-refractivity contribution in [2.75, 3.05) is 19.8 Å². The van der Waals surface area contributed by atoms with Crippen molar-refractivity contribution in [1.82, 2.24) is 15.5 Å². The molecule has 2 aromatic rings. The highest BCUT2D eigenvalue weighted by Gasteiger charge is 2.35. The van der Waals surface area contributed by atoms with E-state index in [-0.39, 0.29) is 30.4 Å². The van der Waals surface area contributed by atoms with Crippen LogP contribution in [0.4, 0.5) is 4.79 Å². The first kappa shape index (κ1) is 23.1. The van der Waals surface area contributed by atoms with Crippen molar-refractivity contribution in [2.24, 2.45) is 0 Å². The highest BCUT2D eigenvalue weighted by atomic mass is 16.5. The summed E-state index contributed by atoms with van der Waals surface area (Å²) in [6, 6.07) is 8.57. The zero-order chi connectivity index (χ0) is 24.1. The van der Waals surface area contributed by atoms with Crippen molar-refractivity contribution in [2.45, 2.75) is 32.4 Å². The minimum atomic E-state index is -0.885. The molecule has 1 saturated heterocycles. The summed E-state index contributed by atoms with van der Waals surface area (Å²) in [5.41, 5.74) is 1.42. The average molecular weight is 467 g/mol. The lowest BCUT2D eigenvalue weighted by Gasteiger charge is -2.27.